The summed E-state index contributed by atoms with van der Waals surface area (Å²) in [6.45, 7) is 0. The number of rotatable bonds is 6. The van der Waals surface area contributed by atoms with E-state index in [-0.39, 0.29) is 11.4 Å². The third-order valence-electron chi connectivity index (χ3n) is 3.27. The van der Waals surface area contributed by atoms with Gasteiger partial charge in [0.05, 0.1) is 32.3 Å². The van der Waals surface area contributed by atoms with Crippen LogP contribution in [-0.4, -0.2) is 38.0 Å². The van der Waals surface area contributed by atoms with Crippen molar-refractivity contribution in [3.63, 3.8) is 0 Å². The molecule has 0 atom stereocenters. The summed E-state index contributed by atoms with van der Waals surface area (Å²) in [5.41, 5.74) is -2.53. The van der Waals surface area contributed by atoms with Gasteiger partial charge in [0.2, 0.25) is 0 Å². The van der Waals surface area contributed by atoms with Gasteiger partial charge in [0, 0.05) is 24.3 Å². The van der Waals surface area contributed by atoms with Crippen molar-refractivity contribution in [3.05, 3.63) is 67.8 Å². The molecule has 0 aliphatic rings. The van der Waals surface area contributed by atoms with Crippen molar-refractivity contribution in [2.75, 3.05) is 10.6 Å². The Hall–Kier alpha value is -4.55. The molecule has 0 unspecified atom stereocenters. The average Bonchev–Trinajstić information content (AvgIpc) is 2.60. The Morgan fingerprint density at radius 2 is 1.07 bits per heavy atom. The number of hydrogen-bond acceptors (Lipinski definition) is 7. The minimum atomic E-state index is -1.46. The van der Waals surface area contributed by atoms with Crippen molar-refractivity contribution in [3.8, 4) is 0 Å². The largest absolute Gasteiger partial charge is 0.478 e. The normalized spacial score (nSPS) is 10.0. The number of carboxylic acid groups (broad SMARTS) is 2. The first kappa shape index (κ1) is 19.8. The fraction of sp³-hybridized carbons (Fsp3) is 0. The highest BCUT2D eigenvalue weighted by Gasteiger charge is 2.17. The topological polar surface area (TPSA) is 202 Å². The van der Waals surface area contributed by atoms with E-state index in [1.54, 1.807) is 0 Å². The number of carboxylic acids is 2. The highest BCUT2D eigenvalue weighted by atomic mass is 16.6. The molecule has 4 N–H and O–H groups in total. The molecule has 0 saturated heterocycles. The summed E-state index contributed by atoms with van der Waals surface area (Å²) in [5, 5.41) is 44.0. The van der Waals surface area contributed by atoms with Gasteiger partial charge in [-0.15, -0.1) is 0 Å². The number of carbonyl (C=O) groups excluding carboxylic acids is 1. The van der Waals surface area contributed by atoms with E-state index < -0.39 is 50.3 Å². The lowest BCUT2D eigenvalue weighted by atomic mass is 10.1. The number of amides is 2. The fourth-order valence-electron chi connectivity index (χ4n) is 2.12. The van der Waals surface area contributed by atoms with Crippen LogP contribution in [-0.2, 0) is 0 Å². The van der Waals surface area contributed by atoms with Crippen LogP contribution in [0.25, 0.3) is 0 Å². The van der Waals surface area contributed by atoms with Crippen LogP contribution in [0.4, 0.5) is 27.5 Å². The maximum absolute atomic E-state index is 12.0. The molecule has 0 spiro atoms. The molecule has 0 aliphatic carbocycles. The molecule has 2 rings (SSSR count). The summed E-state index contributed by atoms with van der Waals surface area (Å²) < 4.78 is 0. The van der Waals surface area contributed by atoms with Crippen LogP contribution >= 0.6 is 0 Å². The van der Waals surface area contributed by atoms with Crippen LogP contribution in [0.1, 0.15) is 20.7 Å². The first-order chi connectivity index (χ1) is 13.1. The maximum Gasteiger partial charge on any atom is 0.336 e. The van der Waals surface area contributed by atoms with E-state index in [0.717, 1.165) is 36.4 Å². The molecule has 144 valence electrons. The zero-order valence-corrected chi connectivity index (χ0v) is 13.6. The predicted octanol–water partition coefficient (Wildman–Crippen LogP) is 2.54. The van der Waals surface area contributed by atoms with Gasteiger partial charge in [-0.2, -0.15) is 0 Å². The van der Waals surface area contributed by atoms with Crippen LogP contribution in [0.15, 0.2) is 36.4 Å². The van der Waals surface area contributed by atoms with Gasteiger partial charge in [-0.25, -0.2) is 14.4 Å². The van der Waals surface area contributed by atoms with Gasteiger partial charge in [0.15, 0.2) is 0 Å². The summed E-state index contributed by atoms with van der Waals surface area (Å²) in [6.07, 6.45) is 0. The van der Waals surface area contributed by atoms with Crippen LogP contribution in [0.5, 0.6) is 0 Å². The molecule has 0 aromatic heterocycles. The number of benzene rings is 2. The zero-order chi connectivity index (χ0) is 21.0. The molecule has 2 aromatic carbocycles. The maximum atomic E-state index is 12.0. The lowest BCUT2D eigenvalue weighted by molar-refractivity contribution is -0.385. The lowest BCUT2D eigenvalue weighted by Gasteiger charge is -2.09. The third kappa shape index (κ3) is 4.75. The smallest absolute Gasteiger partial charge is 0.336 e. The lowest BCUT2D eigenvalue weighted by Crippen LogP contribution is -2.20. The third-order valence-corrected chi connectivity index (χ3v) is 3.27. The quantitative estimate of drug-likeness (QED) is 0.422. The van der Waals surface area contributed by atoms with E-state index >= 15 is 0 Å². The number of nitrogens with zero attached hydrogens (tertiary/aromatic N) is 2. The minimum Gasteiger partial charge on any atom is -0.478 e. The van der Waals surface area contributed by atoms with Crippen LogP contribution in [0, 0.1) is 20.2 Å². The van der Waals surface area contributed by atoms with Gasteiger partial charge in [-0.3, -0.25) is 20.2 Å². The standard InChI is InChI=1S/C15H10N4O9/c20-13(21)7-1-9(5-11(3-7)18(25)26)16-15(24)17-10-2-8(14(22)23)4-12(6-10)19(27)28/h1-6H,(H,20,21)(H,22,23)(H2,16,17,24). The van der Waals surface area contributed by atoms with Crippen molar-refractivity contribution in [1.29, 1.82) is 0 Å². The molecule has 0 aliphatic heterocycles. The summed E-state index contributed by atoms with van der Waals surface area (Å²) in [4.78, 5) is 54.2. The second-order valence-electron chi connectivity index (χ2n) is 5.24. The Kier molecular flexibility index (Phi) is 5.49. The first-order valence-electron chi connectivity index (χ1n) is 7.20. The Morgan fingerprint density at radius 3 is 1.36 bits per heavy atom. The van der Waals surface area contributed by atoms with Crippen LogP contribution in [0.3, 0.4) is 0 Å². The number of nitrogens with one attached hydrogen (secondary N) is 2. The van der Waals surface area contributed by atoms with Crippen LogP contribution < -0.4 is 10.6 Å². The SMILES string of the molecule is O=C(Nc1cc(C(=O)O)cc([N+](=O)[O-])c1)Nc1cc(C(=O)O)cc([N+](=O)[O-])c1. The van der Waals surface area contributed by atoms with Gasteiger partial charge in [-0.1, -0.05) is 0 Å². The van der Waals surface area contributed by atoms with Gasteiger partial charge in [0.1, 0.15) is 0 Å². The second kappa shape index (κ2) is 7.77. The molecule has 0 saturated carbocycles. The Labute approximate surface area is 154 Å². The molecular formula is C15H10N4O9. The highest BCUT2D eigenvalue weighted by molar-refractivity contribution is 6.02. The molecule has 2 amide bonds. The molecule has 13 heteroatoms. The molecule has 0 heterocycles. The zero-order valence-electron chi connectivity index (χ0n) is 13.6. The molecule has 0 radical (unpaired) electrons. The van der Waals surface area contributed by atoms with E-state index in [1.807, 2.05) is 0 Å². The van der Waals surface area contributed by atoms with E-state index in [2.05, 4.69) is 10.6 Å². The van der Waals surface area contributed by atoms with Gasteiger partial charge < -0.3 is 20.8 Å². The van der Waals surface area contributed by atoms with E-state index in [4.69, 9.17) is 10.2 Å². The Balaban J connectivity index is 2.29. The summed E-state index contributed by atoms with van der Waals surface area (Å²) >= 11 is 0. The number of aromatic carboxylic acids is 2. The van der Waals surface area contributed by atoms with Crippen molar-refractivity contribution < 1.29 is 34.4 Å². The van der Waals surface area contributed by atoms with Gasteiger partial charge in [-0.05, 0) is 12.1 Å². The molecule has 2 aromatic rings. The van der Waals surface area contributed by atoms with E-state index in [1.165, 1.54) is 0 Å². The second-order valence-corrected chi connectivity index (χ2v) is 5.24. The van der Waals surface area contributed by atoms with Crippen LogP contribution in [0.2, 0.25) is 0 Å². The number of hydrogen-bond donors (Lipinski definition) is 4. The number of urea groups is 1. The minimum absolute atomic E-state index is 0.229. The molecule has 0 bridgehead atoms. The number of nitro benzene ring substituents is 2. The van der Waals surface area contributed by atoms with E-state index in [0.29, 0.717) is 0 Å². The van der Waals surface area contributed by atoms with Gasteiger partial charge >= 0.3 is 18.0 Å². The van der Waals surface area contributed by atoms with E-state index in [9.17, 15) is 34.6 Å². The monoisotopic (exact) mass is 390 g/mol. The highest BCUT2D eigenvalue weighted by Crippen LogP contribution is 2.23. The summed E-state index contributed by atoms with van der Waals surface area (Å²) in [6, 6.07) is 4.30. The number of non-ortho nitro benzene ring substituents is 2. The molecular weight excluding hydrogens is 380 g/mol. The Bertz CT molecular complexity index is 875. The molecule has 13 nitrogen and oxygen atoms in total. The number of carbonyl (C=O) groups is 3. The summed E-state index contributed by atoms with van der Waals surface area (Å²) in [7, 11) is 0. The predicted molar refractivity (Wildman–Crippen MR) is 92.8 cm³/mol. The molecule has 28 heavy (non-hydrogen) atoms. The van der Waals surface area contributed by atoms with Crippen molar-refractivity contribution in [2.45, 2.75) is 0 Å². The first-order valence-corrected chi connectivity index (χ1v) is 7.20. The molecule has 0 fully saturated rings. The van der Waals surface area contributed by atoms with Gasteiger partial charge in [0.25, 0.3) is 11.4 Å². The summed E-state index contributed by atoms with van der Waals surface area (Å²) in [5.74, 6) is -2.92. The fourth-order valence-corrected chi connectivity index (χ4v) is 2.12. The van der Waals surface area contributed by atoms with Crippen molar-refractivity contribution in [2.24, 2.45) is 0 Å². The van der Waals surface area contributed by atoms with Crippen molar-refractivity contribution >= 4 is 40.7 Å². The van der Waals surface area contributed by atoms with Crippen molar-refractivity contribution in [1.82, 2.24) is 0 Å². The number of anilines is 2. The Morgan fingerprint density at radius 1 is 0.714 bits per heavy atom. The number of nitro groups is 2. The average molecular weight is 390 g/mol.